The number of nitrogens with zero attached hydrogens (tertiary/aromatic N) is 5. The first kappa shape index (κ1) is 23.7. The highest BCUT2D eigenvalue weighted by Crippen LogP contribution is 2.43. The summed E-state index contributed by atoms with van der Waals surface area (Å²) in [5.41, 5.74) is 6.67. The number of likely N-dealkylation sites (tertiary alicyclic amines) is 1. The van der Waals surface area contributed by atoms with Crippen molar-refractivity contribution >= 4 is 39.6 Å². The van der Waals surface area contributed by atoms with Gasteiger partial charge in [0.15, 0.2) is 34.0 Å². The van der Waals surface area contributed by atoms with E-state index < -0.39 is 0 Å². The van der Waals surface area contributed by atoms with Gasteiger partial charge in [0.2, 0.25) is 6.79 Å². The highest BCUT2D eigenvalue weighted by molar-refractivity contribution is 9.10. The molecule has 1 aromatic rings. The first-order valence-electron chi connectivity index (χ1n) is 11.3. The van der Waals surface area contributed by atoms with Gasteiger partial charge in [0.25, 0.3) is 0 Å². The van der Waals surface area contributed by atoms with Crippen LogP contribution in [0.1, 0.15) is 32.6 Å². The predicted octanol–water partition coefficient (Wildman–Crippen LogP) is 4.92. The standard InChI is InChI=1S/C23H25BrN6O4S/c1-13(2)34-23(31)30-7-4-3-5-14(30)6-8-29-11-26-20(25)19-21(29)28-22(27-19)35-18-10-17-16(9-15(18)24)32-12-33-17/h9-11,14H,1,3-8,12,25H2,2H3/t14-/m1/s1. The van der Waals surface area contributed by atoms with Crippen molar-refractivity contribution in [2.24, 2.45) is 0 Å². The lowest BCUT2D eigenvalue weighted by Crippen LogP contribution is -2.44. The number of hydrogen-bond acceptors (Lipinski definition) is 9. The summed E-state index contributed by atoms with van der Waals surface area (Å²) in [5, 5.41) is 0.553. The summed E-state index contributed by atoms with van der Waals surface area (Å²) in [7, 11) is 0. The summed E-state index contributed by atoms with van der Waals surface area (Å²) in [6.45, 7) is 6.85. The number of aryl methyl sites for hydroxylation is 1. The molecule has 0 unspecified atom stereocenters. The second kappa shape index (κ2) is 9.94. The maximum absolute atomic E-state index is 12.5. The van der Waals surface area contributed by atoms with Crippen LogP contribution in [0, 0.1) is 0 Å². The van der Waals surface area contributed by atoms with Crippen LogP contribution in [0.4, 0.5) is 10.6 Å². The Hall–Kier alpha value is -2.99. The molecule has 0 bridgehead atoms. The van der Waals surface area contributed by atoms with Gasteiger partial charge in [0, 0.05) is 28.5 Å². The third kappa shape index (κ3) is 5.03. The molecule has 0 aliphatic carbocycles. The topological polar surface area (TPSA) is 118 Å². The number of fused-ring (bicyclic) bond motifs is 2. The molecule has 35 heavy (non-hydrogen) atoms. The van der Waals surface area contributed by atoms with Crippen LogP contribution in [-0.4, -0.2) is 49.9 Å². The molecule has 10 nitrogen and oxygen atoms in total. The third-order valence-corrected chi connectivity index (χ3v) is 7.77. The number of halogens is 1. The monoisotopic (exact) mass is 560 g/mol. The van der Waals surface area contributed by atoms with Gasteiger partial charge in [-0.15, -0.1) is 0 Å². The number of imidazole rings is 1. The Kier molecular flexibility index (Phi) is 6.74. The summed E-state index contributed by atoms with van der Waals surface area (Å²) in [6, 6.07) is 3.84. The van der Waals surface area contributed by atoms with E-state index in [9.17, 15) is 4.79 Å². The summed E-state index contributed by atoms with van der Waals surface area (Å²) >= 11 is 4.98. The minimum Gasteiger partial charge on any atom is -0.454 e. The molecule has 0 spiro atoms. The lowest BCUT2D eigenvalue weighted by atomic mass is 10.00. The van der Waals surface area contributed by atoms with Gasteiger partial charge in [-0.05, 0) is 72.4 Å². The number of piperidine rings is 1. The van der Waals surface area contributed by atoms with Crippen molar-refractivity contribution < 1.29 is 19.0 Å². The number of aromatic nitrogens is 4. The number of amides is 1. The minimum atomic E-state index is -0.339. The van der Waals surface area contributed by atoms with Gasteiger partial charge in [0.05, 0.1) is 12.1 Å². The predicted molar refractivity (Wildman–Crippen MR) is 133 cm³/mol. The normalized spacial score (nSPS) is 17.1. The minimum absolute atomic E-state index is 0.0667. The smallest absolute Gasteiger partial charge is 0.415 e. The Morgan fingerprint density at radius 1 is 1.31 bits per heavy atom. The molecule has 5 rings (SSSR count). The Morgan fingerprint density at radius 2 is 2.11 bits per heavy atom. The van der Waals surface area contributed by atoms with E-state index in [0.29, 0.717) is 52.8 Å². The highest BCUT2D eigenvalue weighted by Gasteiger charge is 2.29. The quantitative estimate of drug-likeness (QED) is 0.419. The molecule has 1 fully saturated rings. The zero-order valence-electron chi connectivity index (χ0n) is 19.2. The fourth-order valence-corrected chi connectivity index (χ4v) is 5.61. The molecule has 4 heterocycles. The van der Waals surface area contributed by atoms with Gasteiger partial charge in [-0.25, -0.2) is 19.7 Å². The Labute approximate surface area is 215 Å². The fraction of sp³-hybridized carbons (Fsp3) is 0.391. The molecule has 1 saturated heterocycles. The second-order valence-corrected chi connectivity index (χ2v) is 10.3. The van der Waals surface area contributed by atoms with Gasteiger partial charge in [-0.1, -0.05) is 6.58 Å². The molecule has 0 radical (unpaired) electrons. The SMILES string of the molecule is C=C(C)OC(=O)N1CCCC[C@@H]1CCn1cnc(N)c2nc(Sc3cc4c(cc3Br)OCO4)nc1-2. The highest BCUT2D eigenvalue weighted by atomic mass is 79.9. The lowest BCUT2D eigenvalue weighted by molar-refractivity contribution is 0.0898. The van der Waals surface area contributed by atoms with Gasteiger partial charge >= 0.3 is 6.09 Å². The molecule has 184 valence electrons. The zero-order chi connectivity index (χ0) is 24.5. The van der Waals surface area contributed by atoms with E-state index in [-0.39, 0.29) is 18.9 Å². The number of nitrogen functional groups attached to an aromatic ring is 1. The van der Waals surface area contributed by atoms with Crippen LogP contribution in [0.15, 0.2) is 45.3 Å². The Bertz CT molecular complexity index is 1250. The van der Waals surface area contributed by atoms with Crippen molar-refractivity contribution in [3.05, 3.63) is 35.3 Å². The largest absolute Gasteiger partial charge is 0.454 e. The number of rotatable bonds is 6. The number of carbonyl (C=O) groups excluding carboxylic acids is 1. The maximum atomic E-state index is 12.5. The van der Waals surface area contributed by atoms with Crippen LogP contribution >= 0.6 is 27.7 Å². The molecule has 0 saturated carbocycles. The summed E-state index contributed by atoms with van der Waals surface area (Å²) < 4.78 is 19.0. The van der Waals surface area contributed by atoms with Gasteiger partial charge in [-0.3, -0.25) is 0 Å². The first-order chi connectivity index (χ1) is 16.9. The molecule has 12 heteroatoms. The Morgan fingerprint density at radius 3 is 2.91 bits per heavy atom. The van der Waals surface area contributed by atoms with E-state index in [1.807, 2.05) is 16.7 Å². The molecule has 1 amide bonds. The van der Waals surface area contributed by atoms with Crippen LogP contribution in [0.3, 0.4) is 0 Å². The Balaban J connectivity index is 1.35. The van der Waals surface area contributed by atoms with E-state index >= 15 is 0 Å². The van der Waals surface area contributed by atoms with Gasteiger partial charge in [-0.2, -0.15) is 0 Å². The molecule has 4 aliphatic rings. The number of ether oxygens (including phenoxy) is 3. The van der Waals surface area contributed by atoms with Gasteiger partial charge < -0.3 is 29.4 Å². The number of carbonyl (C=O) groups is 1. The molecular formula is C23H25BrN6O4S. The zero-order valence-corrected chi connectivity index (χ0v) is 21.6. The van der Waals surface area contributed by atoms with E-state index in [0.717, 1.165) is 35.1 Å². The van der Waals surface area contributed by atoms with E-state index in [1.165, 1.54) is 11.8 Å². The molecule has 0 aromatic heterocycles. The summed E-state index contributed by atoms with van der Waals surface area (Å²) in [6.07, 6.45) is 5.03. The molecule has 2 N–H and O–H groups in total. The van der Waals surface area contributed by atoms with Crippen LogP contribution in [0.5, 0.6) is 11.5 Å². The second-order valence-electron chi connectivity index (χ2n) is 8.44. The average Bonchev–Trinajstić information content (AvgIpc) is 3.46. The van der Waals surface area contributed by atoms with E-state index in [1.54, 1.807) is 18.2 Å². The number of benzene rings is 1. The number of anilines is 1. The van der Waals surface area contributed by atoms with Crippen molar-refractivity contribution in [3.63, 3.8) is 0 Å². The van der Waals surface area contributed by atoms with Crippen LogP contribution in [0.25, 0.3) is 11.5 Å². The number of hydrogen-bond donors (Lipinski definition) is 1. The third-order valence-electron chi connectivity index (χ3n) is 5.93. The maximum Gasteiger partial charge on any atom is 0.415 e. The van der Waals surface area contributed by atoms with Crippen LogP contribution in [0.2, 0.25) is 0 Å². The van der Waals surface area contributed by atoms with E-state index in [2.05, 4.69) is 32.5 Å². The molecule has 1 aromatic carbocycles. The summed E-state index contributed by atoms with van der Waals surface area (Å²) in [5.74, 6) is 2.76. The molecular weight excluding hydrogens is 536 g/mol. The lowest BCUT2D eigenvalue weighted by Gasteiger charge is -2.35. The number of allylic oxidation sites excluding steroid dienone is 1. The van der Waals surface area contributed by atoms with Crippen molar-refractivity contribution in [1.82, 2.24) is 24.4 Å². The van der Waals surface area contributed by atoms with Crippen molar-refractivity contribution in [1.29, 1.82) is 0 Å². The van der Waals surface area contributed by atoms with Gasteiger partial charge in [0.1, 0.15) is 0 Å². The number of nitrogens with two attached hydrogens (primary N) is 1. The molecule has 1 atom stereocenters. The van der Waals surface area contributed by atoms with Crippen LogP contribution in [-0.2, 0) is 11.3 Å². The average molecular weight is 561 g/mol. The molecule has 4 aliphatic heterocycles. The van der Waals surface area contributed by atoms with Crippen molar-refractivity contribution in [2.45, 2.75) is 55.2 Å². The summed E-state index contributed by atoms with van der Waals surface area (Å²) in [4.78, 5) is 28.9. The first-order valence-corrected chi connectivity index (χ1v) is 12.9. The fourth-order valence-electron chi connectivity index (χ4n) is 4.26. The van der Waals surface area contributed by atoms with Crippen molar-refractivity contribution in [2.75, 3.05) is 19.1 Å². The van der Waals surface area contributed by atoms with Crippen molar-refractivity contribution in [3.8, 4) is 23.0 Å². The van der Waals surface area contributed by atoms with Crippen LogP contribution < -0.4 is 15.2 Å². The van der Waals surface area contributed by atoms with E-state index in [4.69, 9.17) is 24.9 Å².